The van der Waals surface area contributed by atoms with Crippen molar-refractivity contribution in [2.75, 3.05) is 18.0 Å². The van der Waals surface area contributed by atoms with Gasteiger partial charge in [-0.25, -0.2) is 8.42 Å². The van der Waals surface area contributed by atoms with Crippen LogP contribution >= 0.6 is 0 Å². The van der Waals surface area contributed by atoms with Gasteiger partial charge in [0.1, 0.15) is 12.3 Å². The summed E-state index contributed by atoms with van der Waals surface area (Å²) in [6, 6.07) is 18.4. The van der Waals surface area contributed by atoms with E-state index in [0.29, 0.717) is 17.1 Å². The van der Waals surface area contributed by atoms with Crippen molar-refractivity contribution in [1.82, 2.24) is 10.3 Å². The summed E-state index contributed by atoms with van der Waals surface area (Å²) in [6.45, 7) is 1.72. The molecule has 0 saturated carbocycles. The second-order valence-electron chi connectivity index (χ2n) is 6.62. The normalized spacial score (nSPS) is 11.0. The van der Waals surface area contributed by atoms with Crippen LogP contribution in [-0.4, -0.2) is 33.0 Å². The molecular weight excluding hydrogens is 402 g/mol. The van der Waals surface area contributed by atoms with E-state index < -0.39 is 15.9 Å². The maximum absolute atomic E-state index is 13.3. The number of carbonyl (C=O) groups excluding carboxylic acids is 1. The third-order valence-corrected chi connectivity index (χ3v) is 6.24. The topological polar surface area (TPSA) is 88.6 Å². The number of aromatic nitrogens is 1. The molecule has 1 amide bonds. The molecule has 7 nitrogen and oxygen atoms in total. The van der Waals surface area contributed by atoms with Crippen LogP contribution < -0.4 is 14.4 Å². The van der Waals surface area contributed by atoms with Gasteiger partial charge in [0.05, 0.1) is 29.9 Å². The van der Waals surface area contributed by atoms with Crippen LogP contribution in [0.15, 0.2) is 77.8 Å². The van der Waals surface area contributed by atoms with Crippen LogP contribution in [-0.2, 0) is 21.4 Å². The number of sulfonamides is 1. The molecule has 2 aromatic carbocycles. The summed E-state index contributed by atoms with van der Waals surface area (Å²) in [6.07, 6.45) is 1.63. The predicted octanol–water partition coefficient (Wildman–Crippen LogP) is 2.91. The summed E-state index contributed by atoms with van der Waals surface area (Å²) in [4.78, 5) is 16.8. The first-order chi connectivity index (χ1) is 14.4. The third-order valence-electron chi connectivity index (χ3n) is 4.45. The molecule has 0 unspecified atom stereocenters. The molecule has 1 aromatic heterocycles. The zero-order valence-corrected chi connectivity index (χ0v) is 17.6. The van der Waals surface area contributed by atoms with E-state index >= 15 is 0 Å². The molecule has 3 aromatic rings. The molecule has 8 heteroatoms. The molecular formula is C22H23N3O4S. The Labute approximate surface area is 176 Å². The van der Waals surface area contributed by atoms with Gasteiger partial charge in [0, 0.05) is 6.20 Å². The monoisotopic (exact) mass is 425 g/mol. The summed E-state index contributed by atoms with van der Waals surface area (Å²) >= 11 is 0. The molecule has 0 aliphatic carbocycles. The summed E-state index contributed by atoms with van der Waals surface area (Å²) in [7, 11) is -2.42. The second-order valence-corrected chi connectivity index (χ2v) is 8.48. The van der Waals surface area contributed by atoms with Crippen LogP contribution in [0, 0.1) is 6.92 Å². The van der Waals surface area contributed by atoms with E-state index in [9.17, 15) is 13.2 Å². The first-order valence-corrected chi connectivity index (χ1v) is 10.7. The second kappa shape index (κ2) is 9.41. The Kier molecular flexibility index (Phi) is 6.68. The molecule has 0 fully saturated rings. The highest BCUT2D eigenvalue weighted by molar-refractivity contribution is 7.92. The minimum absolute atomic E-state index is 0.112. The van der Waals surface area contributed by atoms with Crippen LogP contribution in [0.4, 0.5) is 5.69 Å². The zero-order chi connectivity index (χ0) is 21.6. The first kappa shape index (κ1) is 21.3. The summed E-state index contributed by atoms with van der Waals surface area (Å²) in [5, 5.41) is 2.72. The maximum atomic E-state index is 13.3. The van der Waals surface area contributed by atoms with Crippen molar-refractivity contribution >= 4 is 21.6 Å². The molecule has 156 valence electrons. The minimum atomic E-state index is -3.95. The van der Waals surface area contributed by atoms with Gasteiger partial charge in [-0.3, -0.25) is 14.1 Å². The number of pyridine rings is 1. The Hall–Kier alpha value is -3.39. The lowest BCUT2D eigenvalue weighted by molar-refractivity contribution is -0.119. The molecule has 3 rings (SSSR count). The van der Waals surface area contributed by atoms with E-state index in [1.165, 1.54) is 19.2 Å². The summed E-state index contributed by atoms with van der Waals surface area (Å²) < 4.78 is 32.9. The number of aryl methyl sites for hydroxylation is 1. The van der Waals surface area contributed by atoms with E-state index in [4.69, 9.17) is 4.74 Å². The quantitative estimate of drug-likeness (QED) is 0.600. The van der Waals surface area contributed by atoms with Crippen LogP contribution in [0.5, 0.6) is 5.75 Å². The van der Waals surface area contributed by atoms with Crippen molar-refractivity contribution in [2.45, 2.75) is 18.4 Å². The Morgan fingerprint density at radius 1 is 1.03 bits per heavy atom. The Bertz CT molecular complexity index is 1080. The zero-order valence-electron chi connectivity index (χ0n) is 16.8. The number of methoxy groups -OCH3 is 1. The molecule has 1 N–H and O–H groups in total. The van der Waals surface area contributed by atoms with Crippen molar-refractivity contribution < 1.29 is 17.9 Å². The highest BCUT2D eigenvalue weighted by Gasteiger charge is 2.27. The van der Waals surface area contributed by atoms with Crippen molar-refractivity contribution in [2.24, 2.45) is 0 Å². The van der Waals surface area contributed by atoms with Crippen molar-refractivity contribution in [3.63, 3.8) is 0 Å². The van der Waals surface area contributed by atoms with Crippen LogP contribution in [0.25, 0.3) is 0 Å². The largest absolute Gasteiger partial charge is 0.497 e. The standard InChI is InChI=1S/C22H23N3O4S/c1-17-6-12-21(13-7-17)30(27,28)25(19-8-10-20(29-2)11-9-19)16-22(26)24-15-18-5-3-4-14-23-18/h3-14H,15-16H2,1-2H3,(H,24,26). The minimum Gasteiger partial charge on any atom is -0.497 e. The average molecular weight is 426 g/mol. The number of anilines is 1. The Balaban J connectivity index is 1.86. The predicted molar refractivity (Wildman–Crippen MR) is 115 cm³/mol. The fourth-order valence-corrected chi connectivity index (χ4v) is 4.20. The number of rotatable bonds is 8. The number of amides is 1. The maximum Gasteiger partial charge on any atom is 0.264 e. The van der Waals surface area contributed by atoms with Gasteiger partial charge in [-0.1, -0.05) is 23.8 Å². The summed E-state index contributed by atoms with van der Waals surface area (Å²) in [5.41, 5.74) is 1.99. The smallest absolute Gasteiger partial charge is 0.264 e. The van der Waals surface area contributed by atoms with Crippen molar-refractivity contribution in [1.29, 1.82) is 0 Å². The van der Waals surface area contributed by atoms with E-state index in [0.717, 1.165) is 9.87 Å². The van der Waals surface area contributed by atoms with Gasteiger partial charge in [0.25, 0.3) is 10.0 Å². The number of carbonyl (C=O) groups is 1. The molecule has 30 heavy (non-hydrogen) atoms. The number of hydrogen-bond acceptors (Lipinski definition) is 5. The lowest BCUT2D eigenvalue weighted by Crippen LogP contribution is -2.40. The summed E-state index contributed by atoms with van der Waals surface area (Å²) in [5.74, 6) is 0.151. The molecule has 1 heterocycles. The fourth-order valence-electron chi connectivity index (χ4n) is 2.78. The van der Waals surface area contributed by atoms with Gasteiger partial charge in [-0.15, -0.1) is 0 Å². The molecule has 0 saturated heterocycles. The van der Waals surface area contributed by atoms with Crippen LogP contribution in [0.3, 0.4) is 0 Å². The lowest BCUT2D eigenvalue weighted by Gasteiger charge is -2.24. The van der Waals surface area contributed by atoms with Gasteiger partial charge in [0.2, 0.25) is 5.91 Å². The average Bonchev–Trinajstić information content (AvgIpc) is 2.77. The van der Waals surface area contributed by atoms with Gasteiger partial charge in [0.15, 0.2) is 0 Å². The molecule has 0 radical (unpaired) electrons. The number of hydrogen-bond donors (Lipinski definition) is 1. The molecule has 0 aliphatic rings. The number of ether oxygens (including phenoxy) is 1. The number of nitrogens with zero attached hydrogens (tertiary/aromatic N) is 2. The van der Waals surface area contributed by atoms with Gasteiger partial charge >= 0.3 is 0 Å². The highest BCUT2D eigenvalue weighted by atomic mass is 32.2. The van der Waals surface area contributed by atoms with E-state index in [2.05, 4.69) is 10.3 Å². The van der Waals surface area contributed by atoms with E-state index in [1.54, 1.807) is 54.7 Å². The van der Waals surface area contributed by atoms with Gasteiger partial charge < -0.3 is 10.1 Å². The van der Waals surface area contributed by atoms with E-state index in [-0.39, 0.29) is 18.0 Å². The fraction of sp³-hybridized carbons (Fsp3) is 0.182. The van der Waals surface area contributed by atoms with Crippen molar-refractivity contribution in [3.8, 4) is 5.75 Å². The molecule has 0 atom stereocenters. The number of benzene rings is 2. The van der Waals surface area contributed by atoms with Gasteiger partial charge in [-0.05, 0) is 55.5 Å². The number of nitrogens with one attached hydrogen (secondary N) is 1. The molecule has 0 spiro atoms. The van der Waals surface area contributed by atoms with Crippen LogP contribution in [0.1, 0.15) is 11.3 Å². The Morgan fingerprint density at radius 2 is 1.73 bits per heavy atom. The van der Waals surface area contributed by atoms with Gasteiger partial charge in [-0.2, -0.15) is 0 Å². The SMILES string of the molecule is COc1ccc(N(CC(=O)NCc2ccccn2)S(=O)(=O)c2ccc(C)cc2)cc1. The third kappa shape index (κ3) is 5.15. The van der Waals surface area contributed by atoms with Crippen molar-refractivity contribution in [3.05, 3.63) is 84.2 Å². The lowest BCUT2D eigenvalue weighted by atomic mass is 10.2. The Morgan fingerprint density at radius 3 is 2.33 bits per heavy atom. The highest BCUT2D eigenvalue weighted by Crippen LogP contribution is 2.26. The first-order valence-electron chi connectivity index (χ1n) is 9.30. The molecule has 0 bridgehead atoms. The van der Waals surface area contributed by atoms with Crippen LogP contribution in [0.2, 0.25) is 0 Å². The van der Waals surface area contributed by atoms with E-state index in [1.807, 2.05) is 13.0 Å². The molecule has 0 aliphatic heterocycles.